The van der Waals surface area contributed by atoms with Crippen molar-refractivity contribution in [2.75, 3.05) is 25.0 Å². The van der Waals surface area contributed by atoms with Crippen molar-refractivity contribution in [3.05, 3.63) is 23.9 Å². The Morgan fingerprint density at radius 2 is 2.37 bits per heavy atom. The predicted molar refractivity (Wildman–Crippen MR) is 76.3 cm³/mol. The minimum Gasteiger partial charge on any atom is -0.364 e. The number of primary amides is 1. The average Bonchev–Trinajstić information content (AvgIpc) is 2.45. The van der Waals surface area contributed by atoms with Crippen LogP contribution in [0.2, 0.25) is 0 Å². The number of nitrogens with one attached hydrogen (secondary N) is 1. The van der Waals surface area contributed by atoms with E-state index in [2.05, 4.69) is 15.2 Å². The molecule has 1 aliphatic rings. The van der Waals surface area contributed by atoms with Crippen LogP contribution >= 0.6 is 0 Å². The van der Waals surface area contributed by atoms with Gasteiger partial charge in [-0.15, -0.1) is 0 Å². The van der Waals surface area contributed by atoms with Gasteiger partial charge in [-0.3, -0.25) is 4.79 Å². The molecule has 5 nitrogen and oxygen atoms in total. The number of nitrogens with zero attached hydrogens (tertiary/aromatic N) is 2. The second-order valence-corrected chi connectivity index (χ2v) is 4.98. The highest BCUT2D eigenvalue weighted by atomic mass is 16.1. The maximum atomic E-state index is 11.2. The molecule has 0 spiro atoms. The first kappa shape index (κ1) is 13.8. The second-order valence-electron chi connectivity index (χ2n) is 4.98. The minimum absolute atomic E-state index is 0.343. The number of anilines is 1. The first-order valence-electron chi connectivity index (χ1n) is 6.90. The summed E-state index contributed by atoms with van der Waals surface area (Å²) in [6.45, 7) is 2.00. The van der Waals surface area contributed by atoms with E-state index >= 15 is 0 Å². The number of hydrogen-bond donors (Lipinski definition) is 2. The highest BCUT2D eigenvalue weighted by molar-refractivity contribution is 5.91. The fourth-order valence-electron chi connectivity index (χ4n) is 2.63. The van der Waals surface area contributed by atoms with Crippen LogP contribution in [0.1, 0.15) is 36.2 Å². The monoisotopic (exact) mass is 262 g/mol. The highest BCUT2D eigenvalue weighted by Gasteiger charge is 2.23. The van der Waals surface area contributed by atoms with E-state index < -0.39 is 5.91 Å². The van der Waals surface area contributed by atoms with E-state index in [4.69, 9.17) is 5.73 Å². The van der Waals surface area contributed by atoms with Gasteiger partial charge >= 0.3 is 0 Å². The van der Waals surface area contributed by atoms with Crippen LogP contribution in [0.15, 0.2) is 18.2 Å². The number of hydrogen-bond acceptors (Lipinski definition) is 4. The molecular weight excluding hydrogens is 240 g/mol. The van der Waals surface area contributed by atoms with Gasteiger partial charge in [-0.25, -0.2) is 4.98 Å². The fraction of sp³-hybridized carbons (Fsp3) is 0.571. The van der Waals surface area contributed by atoms with E-state index in [-0.39, 0.29) is 0 Å². The Hall–Kier alpha value is -1.62. The summed E-state index contributed by atoms with van der Waals surface area (Å²) in [7, 11) is 1.97. The molecule has 104 valence electrons. The summed E-state index contributed by atoms with van der Waals surface area (Å²) in [6.07, 6.45) is 4.72. The van der Waals surface area contributed by atoms with Gasteiger partial charge in [-0.2, -0.15) is 0 Å². The van der Waals surface area contributed by atoms with Crippen LogP contribution < -0.4 is 16.0 Å². The van der Waals surface area contributed by atoms with Gasteiger partial charge in [-0.05, 0) is 51.4 Å². The van der Waals surface area contributed by atoms with Gasteiger partial charge in [0.15, 0.2) is 0 Å². The summed E-state index contributed by atoms with van der Waals surface area (Å²) < 4.78 is 0. The Morgan fingerprint density at radius 3 is 3.11 bits per heavy atom. The lowest BCUT2D eigenvalue weighted by molar-refractivity contribution is 0.0995. The molecule has 1 saturated heterocycles. The molecule has 5 heteroatoms. The second kappa shape index (κ2) is 6.52. The van der Waals surface area contributed by atoms with Gasteiger partial charge in [0.25, 0.3) is 5.91 Å². The quantitative estimate of drug-likeness (QED) is 0.835. The summed E-state index contributed by atoms with van der Waals surface area (Å²) >= 11 is 0. The molecule has 1 amide bonds. The zero-order valence-corrected chi connectivity index (χ0v) is 11.4. The molecular formula is C14H22N4O. The van der Waals surface area contributed by atoms with Crippen LogP contribution in [-0.4, -0.2) is 37.1 Å². The van der Waals surface area contributed by atoms with Crippen molar-refractivity contribution in [1.82, 2.24) is 10.3 Å². The summed E-state index contributed by atoms with van der Waals surface area (Å²) in [5.41, 5.74) is 5.64. The lowest BCUT2D eigenvalue weighted by atomic mass is 9.99. The van der Waals surface area contributed by atoms with Crippen molar-refractivity contribution in [3.8, 4) is 0 Å². The number of pyridine rings is 1. The van der Waals surface area contributed by atoms with Crippen molar-refractivity contribution >= 4 is 11.7 Å². The Bertz CT molecular complexity index is 435. The molecule has 1 aliphatic heterocycles. The number of aromatic nitrogens is 1. The standard InChI is InChI=1S/C14H22N4O/c1-16-9-8-11-5-2-3-10-18(11)13-7-4-6-12(17-13)14(15)19/h4,6-7,11,16H,2-3,5,8-10H2,1H3,(H2,15,19). The molecule has 1 atom stereocenters. The molecule has 1 aromatic rings. The molecule has 3 N–H and O–H groups in total. The molecule has 1 fully saturated rings. The predicted octanol–water partition coefficient (Wildman–Crippen LogP) is 1.15. The topological polar surface area (TPSA) is 71.2 Å². The lowest BCUT2D eigenvalue weighted by Gasteiger charge is -2.37. The van der Waals surface area contributed by atoms with Crippen LogP contribution in [-0.2, 0) is 0 Å². The summed E-state index contributed by atoms with van der Waals surface area (Å²) in [5.74, 6) is 0.405. The van der Waals surface area contributed by atoms with Crippen LogP contribution in [0.25, 0.3) is 0 Å². The fourth-order valence-corrected chi connectivity index (χ4v) is 2.63. The summed E-state index contributed by atoms with van der Waals surface area (Å²) in [6, 6.07) is 5.98. The SMILES string of the molecule is CNCCC1CCCCN1c1cccc(C(N)=O)n1. The van der Waals surface area contributed by atoms with Gasteiger partial charge in [0.05, 0.1) is 0 Å². The zero-order chi connectivity index (χ0) is 13.7. The first-order chi connectivity index (χ1) is 9.22. The molecule has 2 heterocycles. The van der Waals surface area contributed by atoms with Crippen molar-refractivity contribution in [1.29, 1.82) is 0 Å². The number of rotatable bonds is 5. The molecule has 1 unspecified atom stereocenters. The van der Waals surface area contributed by atoms with Crippen LogP contribution in [0.5, 0.6) is 0 Å². The molecule has 0 aromatic carbocycles. The van der Waals surface area contributed by atoms with Crippen LogP contribution in [0.4, 0.5) is 5.82 Å². The van der Waals surface area contributed by atoms with Crippen LogP contribution in [0.3, 0.4) is 0 Å². The van der Waals surface area contributed by atoms with E-state index in [1.807, 2.05) is 19.2 Å². The first-order valence-corrected chi connectivity index (χ1v) is 6.90. The Labute approximate surface area is 114 Å². The number of carbonyl (C=O) groups is 1. The van der Waals surface area contributed by atoms with Gasteiger partial charge in [0, 0.05) is 12.6 Å². The maximum absolute atomic E-state index is 11.2. The van der Waals surface area contributed by atoms with E-state index in [0.717, 1.165) is 25.3 Å². The molecule has 0 radical (unpaired) electrons. The molecule has 19 heavy (non-hydrogen) atoms. The smallest absolute Gasteiger partial charge is 0.267 e. The number of piperidine rings is 1. The molecule has 1 aromatic heterocycles. The largest absolute Gasteiger partial charge is 0.364 e. The lowest BCUT2D eigenvalue weighted by Crippen LogP contribution is -2.41. The van der Waals surface area contributed by atoms with Crippen LogP contribution in [0, 0.1) is 0 Å². The van der Waals surface area contributed by atoms with Gasteiger partial charge < -0.3 is 16.0 Å². The number of amides is 1. The van der Waals surface area contributed by atoms with Gasteiger partial charge in [0.2, 0.25) is 0 Å². The molecule has 2 rings (SSSR count). The Balaban J connectivity index is 2.16. The van der Waals surface area contributed by atoms with Crippen molar-refractivity contribution < 1.29 is 4.79 Å². The summed E-state index contributed by atoms with van der Waals surface area (Å²) in [5, 5.41) is 3.20. The van der Waals surface area contributed by atoms with Crippen molar-refractivity contribution in [3.63, 3.8) is 0 Å². The third-order valence-electron chi connectivity index (χ3n) is 3.64. The molecule has 0 aliphatic carbocycles. The number of carbonyl (C=O) groups excluding carboxylic acids is 1. The van der Waals surface area contributed by atoms with E-state index in [1.165, 1.54) is 19.3 Å². The minimum atomic E-state index is -0.467. The molecule has 0 bridgehead atoms. The normalized spacial score (nSPS) is 19.4. The average molecular weight is 262 g/mol. The van der Waals surface area contributed by atoms with Crippen molar-refractivity contribution in [2.45, 2.75) is 31.7 Å². The molecule has 0 saturated carbocycles. The van der Waals surface area contributed by atoms with Crippen molar-refractivity contribution in [2.24, 2.45) is 5.73 Å². The van der Waals surface area contributed by atoms with E-state index in [1.54, 1.807) is 6.07 Å². The third-order valence-corrected chi connectivity index (χ3v) is 3.64. The number of nitrogens with two attached hydrogens (primary N) is 1. The van der Waals surface area contributed by atoms with Gasteiger partial charge in [0.1, 0.15) is 11.5 Å². The highest BCUT2D eigenvalue weighted by Crippen LogP contribution is 2.25. The third kappa shape index (κ3) is 3.44. The Kier molecular flexibility index (Phi) is 4.74. The Morgan fingerprint density at radius 1 is 1.53 bits per heavy atom. The van der Waals surface area contributed by atoms with E-state index in [0.29, 0.717) is 11.7 Å². The maximum Gasteiger partial charge on any atom is 0.267 e. The van der Waals surface area contributed by atoms with E-state index in [9.17, 15) is 4.79 Å². The summed E-state index contributed by atoms with van der Waals surface area (Å²) in [4.78, 5) is 17.9. The van der Waals surface area contributed by atoms with Gasteiger partial charge in [-0.1, -0.05) is 6.07 Å². The zero-order valence-electron chi connectivity index (χ0n) is 11.4.